The van der Waals surface area contributed by atoms with E-state index in [1.807, 2.05) is 13.0 Å². The summed E-state index contributed by atoms with van der Waals surface area (Å²) in [5.41, 5.74) is 13.3. The van der Waals surface area contributed by atoms with Crippen LogP contribution in [0.4, 0.5) is 9.59 Å². The number of amides is 4. The molecule has 1 aromatic rings. The maximum atomic E-state index is 11.3. The molecule has 0 bridgehead atoms. The van der Waals surface area contributed by atoms with Crippen molar-refractivity contribution in [3.8, 4) is 23.7 Å². The van der Waals surface area contributed by atoms with Gasteiger partial charge in [-0.3, -0.25) is 0 Å². The second kappa shape index (κ2) is 14.3. The van der Waals surface area contributed by atoms with Crippen molar-refractivity contribution in [3.63, 3.8) is 0 Å². The monoisotopic (exact) mass is 441 g/mol. The van der Waals surface area contributed by atoms with Gasteiger partial charge in [-0.2, -0.15) is 0 Å². The van der Waals surface area contributed by atoms with E-state index in [1.165, 1.54) is 12.2 Å². The largest absolute Gasteiger partial charge is 0.351 e. The Morgan fingerprint density at radius 2 is 1.73 bits per heavy atom. The van der Waals surface area contributed by atoms with Gasteiger partial charge in [0, 0.05) is 11.1 Å². The Balaban J connectivity index is 3.31. The molecule has 0 radical (unpaired) electrons. The summed E-state index contributed by atoms with van der Waals surface area (Å²) in [6.45, 7) is 11.1. The molecule has 168 valence electrons. The number of nitrogens with one attached hydrogen (secondary N) is 2. The van der Waals surface area contributed by atoms with Crippen LogP contribution in [-0.2, 0) is 0 Å². The molecule has 0 aromatic carbocycles. The van der Waals surface area contributed by atoms with Crippen LogP contribution < -0.4 is 22.1 Å². The van der Waals surface area contributed by atoms with E-state index in [1.54, 1.807) is 43.4 Å². The fourth-order valence-corrected chi connectivity index (χ4v) is 2.38. The molecule has 6 N–H and O–H groups in total. The molecule has 0 spiro atoms. The summed E-state index contributed by atoms with van der Waals surface area (Å²) in [4.78, 5) is 27.0. The zero-order chi connectivity index (χ0) is 24.6. The molecule has 0 atom stereocenters. The summed E-state index contributed by atoms with van der Waals surface area (Å²) in [6, 6.07) is 3.84. The zero-order valence-corrected chi connectivity index (χ0v) is 18.7. The SMILES string of the molecule is C=C/C=C(NC(N)=O)\C(C#Cc1cccc(C#C/C(C=C)=C(/C=C\CC)NC(N)=O)n1)=C/C. The van der Waals surface area contributed by atoms with Crippen molar-refractivity contribution in [2.24, 2.45) is 11.5 Å². The molecule has 7 heteroatoms. The maximum Gasteiger partial charge on any atom is 0.316 e. The number of carbonyl (C=O) groups excluding carboxylic acids is 2. The van der Waals surface area contributed by atoms with Gasteiger partial charge in [0.1, 0.15) is 11.4 Å². The summed E-state index contributed by atoms with van der Waals surface area (Å²) in [7, 11) is 0. The Bertz CT molecular complexity index is 1160. The van der Waals surface area contributed by atoms with E-state index in [2.05, 4.69) is 52.5 Å². The molecule has 0 aliphatic carbocycles. The number of primary amides is 2. The lowest BCUT2D eigenvalue weighted by molar-refractivity contribution is 0.250. The second-order valence-electron chi connectivity index (χ2n) is 6.25. The van der Waals surface area contributed by atoms with Crippen LogP contribution in [0.1, 0.15) is 31.7 Å². The number of nitrogens with zero attached hydrogens (tertiary/aromatic N) is 1. The maximum absolute atomic E-state index is 11.3. The van der Waals surface area contributed by atoms with Crippen LogP contribution in [0.3, 0.4) is 0 Å². The van der Waals surface area contributed by atoms with E-state index in [4.69, 9.17) is 11.5 Å². The molecule has 0 aliphatic rings. The third-order valence-corrected chi connectivity index (χ3v) is 3.79. The average Bonchev–Trinajstić information content (AvgIpc) is 2.77. The van der Waals surface area contributed by atoms with Gasteiger partial charge in [-0.1, -0.05) is 62.3 Å². The smallest absolute Gasteiger partial charge is 0.316 e. The lowest BCUT2D eigenvalue weighted by Crippen LogP contribution is -2.29. The number of rotatable bonds is 7. The Morgan fingerprint density at radius 1 is 1.09 bits per heavy atom. The number of hydrogen-bond acceptors (Lipinski definition) is 3. The molecule has 1 rings (SSSR count). The van der Waals surface area contributed by atoms with Crippen LogP contribution in [0.2, 0.25) is 0 Å². The Labute approximate surface area is 194 Å². The van der Waals surface area contributed by atoms with Crippen molar-refractivity contribution in [2.45, 2.75) is 20.3 Å². The highest BCUT2D eigenvalue weighted by Crippen LogP contribution is 2.08. The molecule has 0 saturated carbocycles. The highest BCUT2D eigenvalue weighted by atomic mass is 16.2. The molecular weight excluding hydrogens is 414 g/mol. The van der Waals surface area contributed by atoms with Gasteiger partial charge in [-0.25, -0.2) is 14.6 Å². The standard InChI is InChI=1S/C26H27N5O2/c1-5-9-14-24(31-26(28)33)20(8-4)16-18-22-13-10-12-21(29-22)17-15-19(7-3)23(11-6-2)30-25(27)32/h6-14H,2,4-5H2,1,3H3,(H3,27,30,32)(H3,28,31,33)/b14-9-,19-7-,23-11+,24-20-. The fraction of sp³-hybridized carbons (Fsp3) is 0.115. The lowest BCUT2D eigenvalue weighted by Gasteiger charge is -2.06. The van der Waals surface area contributed by atoms with Crippen molar-refractivity contribution in [2.75, 3.05) is 0 Å². The summed E-state index contributed by atoms with van der Waals surface area (Å²) in [5.74, 6) is 11.8. The molecule has 0 saturated heterocycles. The van der Waals surface area contributed by atoms with Crippen molar-refractivity contribution >= 4 is 12.1 Å². The van der Waals surface area contributed by atoms with E-state index in [0.29, 0.717) is 33.9 Å². The molecule has 1 aromatic heterocycles. The fourth-order valence-electron chi connectivity index (χ4n) is 2.38. The third kappa shape index (κ3) is 9.73. The quantitative estimate of drug-likeness (QED) is 0.382. The number of aromatic nitrogens is 1. The number of allylic oxidation sites excluding steroid dienone is 8. The molecule has 4 amide bonds. The van der Waals surface area contributed by atoms with Crippen molar-refractivity contribution in [1.29, 1.82) is 0 Å². The average molecular weight is 442 g/mol. The van der Waals surface area contributed by atoms with E-state index in [0.717, 1.165) is 6.42 Å². The molecule has 0 aliphatic heterocycles. The first-order chi connectivity index (χ1) is 15.8. The Hall–Kier alpha value is -4.75. The summed E-state index contributed by atoms with van der Waals surface area (Å²) < 4.78 is 0. The Kier molecular flexibility index (Phi) is 11.4. The van der Waals surface area contributed by atoms with Crippen molar-refractivity contribution < 1.29 is 9.59 Å². The van der Waals surface area contributed by atoms with Gasteiger partial charge in [0.15, 0.2) is 0 Å². The van der Waals surface area contributed by atoms with Crippen LogP contribution >= 0.6 is 0 Å². The van der Waals surface area contributed by atoms with Gasteiger partial charge in [0.25, 0.3) is 0 Å². The van der Waals surface area contributed by atoms with Gasteiger partial charge in [-0.05, 0) is 49.5 Å². The first-order valence-corrected chi connectivity index (χ1v) is 10.0. The van der Waals surface area contributed by atoms with Gasteiger partial charge in [-0.15, -0.1) is 0 Å². The number of hydrogen-bond donors (Lipinski definition) is 4. The first-order valence-electron chi connectivity index (χ1n) is 10.0. The van der Waals surface area contributed by atoms with Crippen molar-refractivity contribution in [1.82, 2.24) is 15.6 Å². The first kappa shape index (κ1) is 26.3. The van der Waals surface area contributed by atoms with Gasteiger partial charge >= 0.3 is 12.1 Å². The van der Waals surface area contributed by atoms with E-state index in [9.17, 15) is 9.59 Å². The van der Waals surface area contributed by atoms with E-state index >= 15 is 0 Å². The van der Waals surface area contributed by atoms with Gasteiger partial charge < -0.3 is 22.1 Å². The van der Waals surface area contributed by atoms with Crippen molar-refractivity contribution in [3.05, 3.63) is 102 Å². The molecule has 0 fully saturated rings. The number of urea groups is 2. The number of carbonyl (C=O) groups is 2. The minimum Gasteiger partial charge on any atom is -0.351 e. The normalized spacial score (nSPS) is 11.8. The Morgan fingerprint density at radius 3 is 2.24 bits per heavy atom. The van der Waals surface area contributed by atoms with Crippen LogP contribution in [0.5, 0.6) is 0 Å². The topological polar surface area (TPSA) is 123 Å². The third-order valence-electron chi connectivity index (χ3n) is 3.79. The zero-order valence-electron chi connectivity index (χ0n) is 18.7. The molecular formula is C26H27N5O2. The minimum absolute atomic E-state index is 0.429. The number of nitrogens with two attached hydrogens (primary N) is 2. The summed E-state index contributed by atoms with van der Waals surface area (Å²) in [6.07, 6.45) is 10.7. The minimum atomic E-state index is -0.704. The second-order valence-corrected chi connectivity index (χ2v) is 6.25. The molecule has 33 heavy (non-hydrogen) atoms. The summed E-state index contributed by atoms with van der Waals surface area (Å²) in [5, 5.41) is 5.06. The number of pyridine rings is 1. The van der Waals surface area contributed by atoms with E-state index in [-0.39, 0.29) is 0 Å². The highest BCUT2D eigenvalue weighted by molar-refractivity contribution is 5.76. The lowest BCUT2D eigenvalue weighted by atomic mass is 10.1. The van der Waals surface area contributed by atoms with Crippen LogP contribution in [-0.4, -0.2) is 17.0 Å². The predicted molar refractivity (Wildman–Crippen MR) is 132 cm³/mol. The van der Waals surface area contributed by atoms with E-state index < -0.39 is 12.1 Å². The summed E-state index contributed by atoms with van der Waals surface area (Å²) >= 11 is 0. The van der Waals surface area contributed by atoms with Gasteiger partial charge in [0.2, 0.25) is 0 Å². The predicted octanol–water partition coefficient (Wildman–Crippen LogP) is 3.54. The van der Waals surface area contributed by atoms with Gasteiger partial charge in [0.05, 0.1) is 11.4 Å². The highest BCUT2D eigenvalue weighted by Gasteiger charge is 2.04. The van der Waals surface area contributed by atoms with Crippen LogP contribution in [0.15, 0.2) is 90.4 Å². The molecule has 7 nitrogen and oxygen atoms in total. The molecule has 1 heterocycles. The van der Waals surface area contributed by atoms with Crippen LogP contribution in [0.25, 0.3) is 0 Å². The van der Waals surface area contributed by atoms with Crippen LogP contribution in [0, 0.1) is 23.7 Å². The molecule has 0 unspecified atom stereocenters.